The zero-order valence-corrected chi connectivity index (χ0v) is 12.3. The summed E-state index contributed by atoms with van der Waals surface area (Å²) in [6, 6.07) is 0. The maximum absolute atomic E-state index is 6.82. The summed E-state index contributed by atoms with van der Waals surface area (Å²) in [7, 11) is 0. The lowest BCUT2D eigenvalue weighted by molar-refractivity contribution is -0.141. The number of allylic oxidation sites excluding steroid dienone is 2. The maximum Gasteiger partial charge on any atom is 0.219 e. The molecule has 0 aliphatic rings. The Balaban J connectivity index is 3.78. The molecular weight excluding hydrogens is 238 g/mol. The molecule has 0 aromatic carbocycles. The van der Waals surface area contributed by atoms with E-state index in [2.05, 4.69) is 43.0 Å². The minimum atomic E-state index is -0.237. The van der Waals surface area contributed by atoms with E-state index in [4.69, 9.17) is 16.0 Å². The van der Waals surface area contributed by atoms with Crippen LogP contribution in [0.3, 0.4) is 0 Å². The topological polar surface area (TPSA) is 22.8 Å². The van der Waals surface area contributed by atoms with Crippen molar-refractivity contribution < 1.29 is 9.47 Å². The van der Waals surface area contributed by atoms with Crippen LogP contribution in [0.25, 0.3) is 4.85 Å². The fourth-order valence-corrected chi connectivity index (χ4v) is 1.49. The Morgan fingerprint density at radius 2 is 1.47 bits per heavy atom. The molecule has 0 amide bonds. The molecule has 0 radical (unpaired) electrons. The fourth-order valence-electron chi connectivity index (χ4n) is 1.49. The molecule has 0 unspecified atom stereocenters. The summed E-state index contributed by atoms with van der Waals surface area (Å²) in [6.07, 6.45) is 12.8. The Morgan fingerprint density at radius 3 is 1.89 bits per heavy atom. The second-order valence-electron chi connectivity index (χ2n) is 4.18. The lowest BCUT2D eigenvalue weighted by atomic mass is 10.3. The van der Waals surface area contributed by atoms with Gasteiger partial charge in [-0.3, -0.25) is 0 Å². The summed E-state index contributed by atoms with van der Waals surface area (Å²) in [6.45, 7) is 12.8. The molecule has 0 fully saturated rings. The summed E-state index contributed by atoms with van der Waals surface area (Å²) < 4.78 is 11.3. The van der Waals surface area contributed by atoms with Crippen molar-refractivity contribution in [3.8, 4) is 0 Å². The van der Waals surface area contributed by atoms with E-state index < -0.39 is 0 Å². The van der Waals surface area contributed by atoms with Gasteiger partial charge in [0.2, 0.25) is 6.54 Å². The van der Waals surface area contributed by atoms with Crippen LogP contribution < -0.4 is 0 Å². The van der Waals surface area contributed by atoms with E-state index in [1.54, 1.807) is 0 Å². The van der Waals surface area contributed by atoms with E-state index >= 15 is 0 Å². The van der Waals surface area contributed by atoms with E-state index in [0.717, 1.165) is 25.7 Å². The van der Waals surface area contributed by atoms with E-state index in [0.29, 0.717) is 26.2 Å². The molecule has 108 valence electrons. The Morgan fingerprint density at radius 1 is 0.947 bits per heavy atom. The molecule has 19 heavy (non-hydrogen) atoms. The van der Waals surface area contributed by atoms with Crippen molar-refractivity contribution in [1.29, 1.82) is 0 Å². The predicted octanol–water partition coefficient (Wildman–Crippen LogP) is 4.37. The van der Waals surface area contributed by atoms with Crippen LogP contribution in [0.1, 0.15) is 46.0 Å². The summed E-state index contributed by atoms with van der Waals surface area (Å²) in [4.78, 5) is 3.35. The van der Waals surface area contributed by atoms with E-state index in [9.17, 15) is 0 Å². The van der Waals surface area contributed by atoms with Gasteiger partial charge in [0.25, 0.3) is 0 Å². The van der Waals surface area contributed by atoms with Gasteiger partial charge in [-0.15, -0.1) is 0 Å². The summed E-state index contributed by atoms with van der Waals surface area (Å²) >= 11 is 0. The van der Waals surface area contributed by atoms with Crippen molar-refractivity contribution in [3.05, 3.63) is 35.7 Å². The molecule has 0 heterocycles. The first-order valence-electron chi connectivity index (χ1n) is 7.21. The van der Waals surface area contributed by atoms with Gasteiger partial charge in [0.1, 0.15) is 0 Å². The minimum absolute atomic E-state index is 0.237. The monoisotopic (exact) mass is 265 g/mol. The van der Waals surface area contributed by atoms with Crippen LogP contribution in [-0.2, 0) is 9.47 Å². The highest BCUT2D eigenvalue weighted by molar-refractivity contribution is 4.80. The van der Waals surface area contributed by atoms with Crippen LogP contribution in [0.15, 0.2) is 24.3 Å². The van der Waals surface area contributed by atoms with Gasteiger partial charge >= 0.3 is 0 Å². The van der Waals surface area contributed by atoms with Gasteiger partial charge in [-0.2, -0.15) is 0 Å². The lowest BCUT2D eigenvalue weighted by Gasteiger charge is -2.15. The van der Waals surface area contributed by atoms with E-state index in [1.807, 2.05) is 0 Å². The van der Waals surface area contributed by atoms with Crippen molar-refractivity contribution in [3.63, 3.8) is 0 Å². The highest BCUT2D eigenvalue weighted by Crippen LogP contribution is 2.04. The van der Waals surface area contributed by atoms with Crippen LogP contribution >= 0.6 is 0 Å². The molecule has 0 bridgehead atoms. The van der Waals surface area contributed by atoms with Gasteiger partial charge in [0.15, 0.2) is 6.29 Å². The molecular formula is C16H27NO2. The average molecular weight is 265 g/mol. The summed E-state index contributed by atoms with van der Waals surface area (Å²) in [5, 5.41) is 0. The van der Waals surface area contributed by atoms with Crippen LogP contribution in [-0.4, -0.2) is 26.0 Å². The van der Waals surface area contributed by atoms with Gasteiger partial charge < -0.3 is 14.3 Å². The van der Waals surface area contributed by atoms with E-state index in [-0.39, 0.29) is 6.29 Å². The van der Waals surface area contributed by atoms with Gasteiger partial charge in [-0.1, -0.05) is 38.2 Å². The smallest absolute Gasteiger partial charge is 0.219 e. The van der Waals surface area contributed by atoms with Gasteiger partial charge in [0, 0.05) is 0 Å². The highest BCUT2D eigenvalue weighted by Gasteiger charge is 2.09. The third-order valence-electron chi connectivity index (χ3n) is 2.46. The van der Waals surface area contributed by atoms with Gasteiger partial charge in [0.05, 0.1) is 19.6 Å². The quantitative estimate of drug-likeness (QED) is 0.226. The Hall–Kier alpha value is -1.11. The van der Waals surface area contributed by atoms with Crippen LogP contribution in [0.2, 0.25) is 0 Å². The number of hydrogen-bond donors (Lipinski definition) is 0. The standard InChI is InChI=1S/C16H27NO2/c1-4-6-8-10-14-18-16(12-13-17-3)19-15-11-9-7-5-2/h6-9,16H,4-5,10-15H2,1-2H3/b8-6-,9-7-. The fraction of sp³-hybridized carbons (Fsp3) is 0.688. The van der Waals surface area contributed by atoms with Crippen molar-refractivity contribution in [2.75, 3.05) is 19.8 Å². The molecule has 0 saturated heterocycles. The first kappa shape index (κ1) is 17.9. The largest absolute Gasteiger partial charge is 0.352 e. The second-order valence-corrected chi connectivity index (χ2v) is 4.18. The third kappa shape index (κ3) is 13.1. The first-order valence-corrected chi connectivity index (χ1v) is 7.21. The molecule has 0 atom stereocenters. The molecule has 0 N–H and O–H groups in total. The summed E-state index contributed by atoms with van der Waals surface area (Å²) in [5.74, 6) is 0. The van der Waals surface area contributed by atoms with Crippen LogP contribution in [0, 0.1) is 6.57 Å². The third-order valence-corrected chi connectivity index (χ3v) is 2.46. The molecule has 3 heteroatoms. The molecule has 0 aliphatic heterocycles. The molecule has 0 saturated carbocycles. The first-order chi connectivity index (χ1) is 9.35. The van der Waals surface area contributed by atoms with Crippen molar-refractivity contribution >= 4 is 0 Å². The van der Waals surface area contributed by atoms with Crippen molar-refractivity contribution in [2.45, 2.75) is 52.2 Å². The lowest BCUT2D eigenvalue weighted by Crippen LogP contribution is -2.19. The SMILES string of the molecule is [C-]#[N+]CCC(OCC/C=C\CC)OCC/C=C\CC. The van der Waals surface area contributed by atoms with Crippen LogP contribution in [0.4, 0.5) is 0 Å². The van der Waals surface area contributed by atoms with Crippen LogP contribution in [0.5, 0.6) is 0 Å². The molecule has 0 aromatic heterocycles. The predicted molar refractivity (Wildman–Crippen MR) is 79.9 cm³/mol. The maximum atomic E-state index is 6.82. The van der Waals surface area contributed by atoms with E-state index in [1.165, 1.54) is 0 Å². The molecule has 0 rings (SSSR count). The Labute approximate surface area is 118 Å². The number of rotatable bonds is 12. The van der Waals surface area contributed by atoms with Crippen molar-refractivity contribution in [1.82, 2.24) is 0 Å². The Bertz CT molecular complexity index is 259. The van der Waals surface area contributed by atoms with Gasteiger partial charge in [-0.25, -0.2) is 6.57 Å². The number of hydrogen-bond acceptors (Lipinski definition) is 2. The zero-order valence-electron chi connectivity index (χ0n) is 12.3. The number of nitrogens with zero attached hydrogens (tertiary/aromatic N) is 1. The zero-order chi connectivity index (χ0) is 14.2. The molecule has 3 nitrogen and oxygen atoms in total. The second kappa shape index (κ2) is 14.9. The van der Waals surface area contributed by atoms with Gasteiger partial charge in [-0.05, 0) is 25.7 Å². The molecule has 0 spiro atoms. The van der Waals surface area contributed by atoms with Crippen molar-refractivity contribution in [2.24, 2.45) is 0 Å². The molecule has 0 aliphatic carbocycles. The molecule has 0 aromatic rings. The average Bonchev–Trinajstić information content (AvgIpc) is 2.43. The summed E-state index contributed by atoms with van der Waals surface area (Å²) in [5.41, 5.74) is 0. The normalized spacial score (nSPS) is 11.7. The Kier molecular flexibility index (Phi) is 14.1. The highest BCUT2D eigenvalue weighted by atomic mass is 16.7. The minimum Gasteiger partial charge on any atom is -0.352 e. The number of ether oxygens (including phenoxy) is 2.